The molecule has 0 bridgehead atoms. The van der Waals surface area contributed by atoms with Gasteiger partial charge in [-0.1, -0.05) is 16.9 Å². The van der Waals surface area contributed by atoms with Crippen LogP contribution in [0.3, 0.4) is 0 Å². The molecule has 32 heavy (non-hydrogen) atoms. The number of thioether (sulfide) groups is 2. The summed E-state index contributed by atoms with van der Waals surface area (Å²) >= 11 is 4.80. The molecule has 2 aliphatic heterocycles. The molecule has 0 radical (unpaired) electrons. The third-order valence-electron chi connectivity index (χ3n) is 4.30. The minimum atomic E-state index is -1.20. The molecule has 0 spiro atoms. The zero-order chi connectivity index (χ0) is 22.8. The van der Waals surface area contributed by atoms with Crippen LogP contribution < -0.4 is 11.1 Å². The van der Waals surface area contributed by atoms with Gasteiger partial charge in [-0.25, -0.2) is 9.78 Å². The Morgan fingerprint density at radius 3 is 2.91 bits per heavy atom. The number of fused-ring (bicyclic) bond motifs is 1. The molecule has 2 aromatic heterocycles. The van der Waals surface area contributed by atoms with Crippen LogP contribution in [0.15, 0.2) is 27.1 Å². The molecule has 4 rings (SSSR count). The van der Waals surface area contributed by atoms with Crippen molar-refractivity contribution in [2.24, 2.45) is 5.16 Å². The zero-order valence-electron chi connectivity index (χ0n) is 16.1. The lowest BCUT2D eigenvalue weighted by Gasteiger charge is -2.49. The Morgan fingerprint density at radius 1 is 1.47 bits per heavy atom. The molecule has 1 unspecified atom stereocenters. The fourth-order valence-corrected chi connectivity index (χ4v) is 6.35. The van der Waals surface area contributed by atoms with Crippen molar-refractivity contribution in [3.63, 3.8) is 0 Å². The van der Waals surface area contributed by atoms with Crippen LogP contribution in [0.25, 0.3) is 0 Å². The Bertz CT molecular complexity index is 1120. The predicted octanol–water partition coefficient (Wildman–Crippen LogP) is -0.147. The van der Waals surface area contributed by atoms with E-state index in [4.69, 9.17) is 5.73 Å². The lowest BCUT2D eigenvalue weighted by molar-refractivity contribution is -0.150. The van der Waals surface area contributed by atoms with Crippen LogP contribution in [0, 0.1) is 0 Å². The number of hydrogen-bond donors (Lipinski definition) is 3. The van der Waals surface area contributed by atoms with Crippen LogP contribution in [0.4, 0.5) is 5.13 Å². The number of nitrogen functional groups attached to an aromatic ring is 1. The predicted molar refractivity (Wildman–Crippen MR) is 118 cm³/mol. The van der Waals surface area contributed by atoms with E-state index in [9.17, 15) is 19.5 Å². The summed E-state index contributed by atoms with van der Waals surface area (Å²) in [5.41, 5.74) is 5.85. The van der Waals surface area contributed by atoms with Gasteiger partial charge in [-0.2, -0.15) is 13.7 Å². The molecule has 2 aliphatic rings. The maximum Gasteiger partial charge on any atom is 0.352 e. The number of aromatic nitrogens is 4. The largest absolute Gasteiger partial charge is 0.477 e. The summed E-state index contributed by atoms with van der Waals surface area (Å²) in [6.45, 7) is 0. The average Bonchev–Trinajstić information content (AvgIpc) is 3.45. The summed E-state index contributed by atoms with van der Waals surface area (Å²) in [5, 5.41) is 15.5. The maximum absolute atomic E-state index is 12.8. The SMILES string of the molecule is CO/N=C(/C(=O)NC1C(=O)N2C(C(=O)O)=C(CSc3ncns3)CS[C@H]12)c1nsc(N)n1. The second kappa shape index (κ2) is 9.39. The topological polar surface area (TPSA) is 186 Å². The summed E-state index contributed by atoms with van der Waals surface area (Å²) < 4.78 is 8.55. The molecule has 0 aliphatic carbocycles. The van der Waals surface area contributed by atoms with E-state index in [2.05, 4.69) is 34.0 Å². The van der Waals surface area contributed by atoms with E-state index in [0.29, 0.717) is 21.4 Å². The van der Waals surface area contributed by atoms with Crippen molar-refractivity contribution < 1.29 is 24.3 Å². The van der Waals surface area contributed by atoms with Gasteiger partial charge in [0.2, 0.25) is 11.5 Å². The first kappa shape index (κ1) is 22.4. The number of amides is 2. The zero-order valence-corrected chi connectivity index (χ0v) is 19.4. The van der Waals surface area contributed by atoms with Crippen molar-refractivity contribution in [3.8, 4) is 0 Å². The third-order valence-corrected chi connectivity index (χ3v) is 8.06. The standard InChI is InChI=1S/C15H14N8O5S4/c1-28-21-6(9-20-14(16)31-22-9)10(24)19-7-11(25)23-8(13(26)27)5(2-29-12(7)23)3-30-15-17-4-18-32-15/h4,7,12H,2-3H2,1H3,(H,19,24)(H,26,27)(H2,16,20,22)/b21-6+/t7?,12-/m1/s1. The van der Waals surface area contributed by atoms with Crippen LogP contribution in [0.5, 0.6) is 0 Å². The number of hydrogen-bond acceptors (Lipinski definition) is 14. The lowest BCUT2D eigenvalue weighted by Crippen LogP contribution is -2.71. The summed E-state index contributed by atoms with van der Waals surface area (Å²) in [5.74, 6) is -1.76. The molecule has 4 heterocycles. The number of carbonyl (C=O) groups excluding carboxylic acids is 2. The fourth-order valence-electron chi connectivity index (χ4n) is 2.99. The molecule has 1 saturated heterocycles. The molecule has 2 atom stereocenters. The number of nitrogens with one attached hydrogen (secondary N) is 1. The summed E-state index contributed by atoms with van der Waals surface area (Å²) in [6.07, 6.45) is 1.42. The first-order chi connectivity index (χ1) is 15.4. The van der Waals surface area contributed by atoms with Crippen molar-refractivity contribution in [1.29, 1.82) is 0 Å². The number of rotatable bonds is 8. The van der Waals surface area contributed by atoms with E-state index in [-0.39, 0.29) is 22.4 Å². The molecule has 0 saturated carbocycles. The van der Waals surface area contributed by atoms with Gasteiger partial charge in [-0.15, -0.1) is 11.8 Å². The van der Waals surface area contributed by atoms with E-state index in [1.807, 2.05) is 0 Å². The lowest BCUT2D eigenvalue weighted by atomic mass is 10.0. The fraction of sp³-hybridized carbons (Fsp3) is 0.333. The highest BCUT2D eigenvalue weighted by atomic mass is 32.2. The van der Waals surface area contributed by atoms with Gasteiger partial charge in [0.05, 0.1) is 0 Å². The highest BCUT2D eigenvalue weighted by Gasteiger charge is 2.54. The van der Waals surface area contributed by atoms with Crippen LogP contribution in [-0.2, 0) is 19.2 Å². The van der Waals surface area contributed by atoms with E-state index in [1.165, 1.54) is 53.4 Å². The van der Waals surface area contributed by atoms with Gasteiger partial charge >= 0.3 is 5.97 Å². The smallest absolute Gasteiger partial charge is 0.352 e. The highest BCUT2D eigenvalue weighted by molar-refractivity contribution is 8.01. The number of anilines is 1. The molecule has 17 heteroatoms. The number of nitrogens with two attached hydrogens (primary N) is 1. The minimum Gasteiger partial charge on any atom is -0.477 e. The van der Waals surface area contributed by atoms with Crippen molar-refractivity contribution in [1.82, 2.24) is 28.9 Å². The molecule has 0 aromatic carbocycles. The number of aliphatic carboxylic acids is 1. The third kappa shape index (κ3) is 4.27. The van der Waals surface area contributed by atoms with Crippen molar-refractivity contribution in [2.45, 2.75) is 15.8 Å². The van der Waals surface area contributed by atoms with Crippen LogP contribution in [0.2, 0.25) is 0 Å². The number of carbonyl (C=O) groups is 3. The quantitative estimate of drug-likeness (QED) is 0.183. The first-order valence-electron chi connectivity index (χ1n) is 8.71. The first-order valence-corrected chi connectivity index (χ1v) is 12.3. The molecular weight excluding hydrogens is 500 g/mol. The van der Waals surface area contributed by atoms with Gasteiger partial charge in [0, 0.05) is 23.0 Å². The maximum atomic E-state index is 12.8. The number of nitrogens with zero attached hydrogens (tertiary/aromatic N) is 6. The van der Waals surface area contributed by atoms with E-state index in [0.717, 1.165) is 11.5 Å². The number of carboxylic acid groups (broad SMARTS) is 1. The van der Waals surface area contributed by atoms with E-state index < -0.39 is 29.2 Å². The second-order valence-electron chi connectivity index (χ2n) is 6.19. The number of β-lactam (4-membered cyclic amide) rings is 1. The molecule has 2 aromatic rings. The molecule has 2 amide bonds. The van der Waals surface area contributed by atoms with Crippen LogP contribution in [0.1, 0.15) is 5.82 Å². The number of oxime groups is 1. The van der Waals surface area contributed by atoms with Crippen molar-refractivity contribution in [3.05, 3.63) is 23.4 Å². The van der Waals surface area contributed by atoms with Crippen molar-refractivity contribution >= 4 is 75.2 Å². The minimum absolute atomic E-state index is 0.0334. The van der Waals surface area contributed by atoms with E-state index >= 15 is 0 Å². The molecule has 4 N–H and O–H groups in total. The molecule has 1 fully saturated rings. The Morgan fingerprint density at radius 2 is 2.28 bits per heavy atom. The Kier molecular flexibility index (Phi) is 6.58. The Labute approximate surface area is 196 Å². The van der Waals surface area contributed by atoms with Crippen molar-refractivity contribution in [2.75, 3.05) is 24.3 Å². The van der Waals surface area contributed by atoms with Gasteiger partial charge in [0.1, 0.15) is 30.5 Å². The van der Waals surface area contributed by atoms with Gasteiger partial charge < -0.3 is 21.0 Å². The van der Waals surface area contributed by atoms with E-state index in [1.54, 1.807) is 0 Å². The monoisotopic (exact) mass is 514 g/mol. The van der Waals surface area contributed by atoms with Crippen LogP contribution >= 0.6 is 46.6 Å². The molecular formula is C15H14N8O5S4. The Hall–Kier alpha value is -2.76. The average molecular weight is 515 g/mol. The normalized spacial score (nSPS) is 20.6. The molecule has 13 nitrogen and oxygen atoms in total. The Balaban J connectivity index is 1.49. The van der Waals surface area contributed by atoms with Gasteiger partial charge in [-0.3, -0.25) is 14.5 Å². The van der Waals surface area contributed by atoms with Crippen LogP contribution in [-0.4, -0.2) is 82.2 Å². The van der Waals surface area contributed by atoms with Gasteiger partial charge in [0.25, 0.3) is 11.8 Å². The highest BCUT2D eigenvalue weighted by Crippen LogP contribution is 2.41. The molecule has 168 valence electrons. The summed E-state index contributed by atoms with van der Waals surface area (Å²) in [4.78, 5) is 51.3. The number of carboxylic acids is 1. The summed E-state index contributed by atoms with van der Waals surface area (Å²) in [7, 11) is 1.25. The van der Waals surface area contributed by atoms with Gasteiger partial charge in [-0.05, 0) is 17.1 Å². The van der Waals surface area contributed by atoms with Gasteiger partial charge in [0.15, 0.2) is 9.47 Å². The summed E-state index contributed by atoms with van der Waals surface area (Å²) in [6, 6.07) is -0.933. The second-order valence-corrected chi connectivity index (χ2v) is 10.1.